The second kappa shape index (κ2) is 5.81. The highest BCUT2D eigenvalue weighted by Crippen LogP contribution is 2.08. The quantitative estimate of drug-likeness (QED) is 0.611. The molecule has 0 N–H and O–H groups in total. The molecule has 1 aromatic carbocycles. The Morgan fingerprint density at radius 3 is 2.50 bits per heavy atom. The molecule has 0 aliphatic carbocycles. The van der Waals surface area contributed by atoms with Gasteiger partial charge in [-0.2, -0.15) is 0 Å². The first kappa shape index (κ1) is 11.2. The zero-order valence-electron chi connectivity index (χ0n) is 8.13. The number of hydrogen-bond acceptors (Lipinski definition) is 2. The zero-order chi connectivity index (χ0) is 10.4. The summed E-state index contributed by atoms with van der Waals surface area (Å²) in [6.45, 7) is 2.46. The van der Waals surface area contributed by atoms with E-state index in [1.807, 2.05) is 19.1 Å². The standard InChI is InChI=1S/C11H13BrO2/c1-2-7-14-11(13)10-5-3-9(8-12)4-6-10/h3-6H,2,7-8H2,1H3. The second-order valence-corrected chi connectivity index (χ2v) is 3.53. The lowest BCUT2D eigenvalue weighted by Gasteiger charge is -2.03. The Kier molecular flexibility index (Phi) is 4.66. The van der Waals surface area contributed by atoms with Crippen molar-refractivity contribution >= 4 is 21.9 Å². The summed E-state index contributed by atoms with van der Waals surface area (Å²) < 4.78 is 5.00. The molecule has 0 bridgehead atoms. The van der Waals surface area contributed by atoms with Gasteiger partial charge in [-0.3, -0.25) is 0 Å². The number of hydrogen-bond donors (Lipinski definition) is 0. The van der Waals surface area contributed by atoms with Gasteiger partial charge in [-0.1, -0.05) is 35.0 Å². The Bertz CT molecular complexity index is 293. The maximum Gasteiger partial charge on any atom is 0.338 e. The van der Waals surface area contributed by atoms with E-state index in [2.05, 4.69) is 15.9 Å². The monoisotopic (exact) mass is 256 g/mol. The summed E-state index contributed by atoms with van der Waals surface area (Å²) in [6.07, 6.45) is 0.852. The normalized spacial score (nSPS) is 9.86. The van der Waals surface area contributed by atoms with Crippen LogP contribution in [0.4, 0.5) is 0 Å². The Morgan fingerprint density at radius 2 is 2.00 bits per heavy atom. The van der Waals surface area contributed by atoms with Gasteiger partial charge in [0.05, 0.1) is 12.2 Å². The van der Waals surface area contributed by atoms with Crippen molar-refractivity contribution in [1.82, 2.24) is 0 Å². The van der Waals surface area contributed by atoms with Crippen LogP contribution in [0, 0.1) is 0 Å². The second-order valence-electron chi connectivity index (χ2n) is 2.97. The SMILES string of the molecule is CCCOC(=O)c1ccc(CBr)cc1. The van der Waals surface area contributed by atoms with Crippen LogP contribution in [0.1, 0.15) is 29.3 Å². The summed E-state index contributed by atoms with van der Waals surface area (Å²) in [5.41, 5.74) is 1.76. The first-order valence-corrected chi connectivity index (χ1v) is 5.72. The van der Waals surface area contributed by atoms with E-state index >= 15 is 0 Å². The van der Waals surface area contributed by atoms with E-state index in [-0.39, 0.29) is 5.97 Å². The number of halogens is 1. The highest BCUT2D eigenvalue weighted by Gasteiger charge is 2.05. The largest absolute Gasteiger partial charge is 0.462 e. The van der Waals surface area contributed by atoms with Gasteiger partial charge in [0.1, 0.15) is 0 Å². The predicted octanol–water partition coefficient (Wildman–Crippen LogP) is 3.15. The number of benzene rings is 1. The fourth-order valence-corrected chi connectivity index (χ4v) is 1.38. The van der Waals surface area contributed by atoms with Gasteiger partial charge in [-0.15, -0.1) is 0 Å². The number of carbonyl (C=O) groups is 1. The van der Waals surface area contributed by atoms with Gasteiger partial charge < -0.3 is 4.74 Å². The van der Waals surface area contributed by atoms with Gasteiger partial charge in [0.15, 0.2) is 0 Å². The molecule has 1 aromatic rings. The molecule has 0 aromatic heterocycles. The van der Waals surface area contributed by atoms with E-state index in [4.69, 9.17) is 4.74 Å². The summed E-state index contributed by atoms with van der Waals surface area (Å²) in [6, 6.07) is 7.40. The van der Waals surface area contributed by atoms with E-state index in [1.165, 1.54) is 0 Å². The molecule has 0 saturated carbocycles. The van der Waals surface area contributed by atoms with Gasteiger partial charge in [0.2, 0.25) is 0 Å². The van der Waals surface area contributed by atoms with Crippen LogP contribution in [-0.2, 0) is 10.1 Å². The Balaban J connectivity index is 2.62. The van der Waals surface area contributed by atoms with E-state index in [0.29, 0.717) is 12.2 Å². The van der Waals surface area contributed by atoms with Gasteiger partial charge in [0, 0.05) is 5.33 Å². The maximum atomic E-state index is 11.4. The predicted molar refractivity (Wildman–Crippen MR) is 59.6 cm³/mol. The van der Waals surface area contributed by atoms with Crippen LogP contribution in [0.15, 0.2) is 24.3 Å². The number of alkyl halides is 1. The molecule has 0 heterocycles. The highest BCUT2D eigenvalue weighted by atomic mass is 79.9. The Morgan fingerprint density at radius 1 is 1.36 bits per heavy atom. The molecule has 0 aliphatic heterocycles. The summed E-state index contributed by atoms with van der Waals surface area (Å²) in [7, 11) is 0. The lowest BCUT2D eigenvalue weighted by molar-refractivity contribution is 0.0505. The number of rotatable bonds is 4. The lowest BCUT2D eigenvalue weighted by atomic mass is 10.1. The molecular weight excluding hydrogens is 244 g/mol. The van der Waals surface area contributed by atoms with Crippen LogP contribution in [0.25, 0.3) is 0 Å². The van der Waals surface area contributed by atoms with Crippen LogP contribution in [-0.4, -0.2) is 12.6 Å². The first-order valence-electron chi connectivity index (χ1n) is 4.60. The van der Waals surface area contributed by atoms with Crippen molar-refractivity contribution < 1.29 is 9.53 Å². The third-order valence-electron chi connectivity index (χ3n) is 1.78. The first-order chi connectivity index (χ1) is 6.77. The smallest absolute Gasteiger partial charge is 0.338 e. The van der Waals surface area contributed by atoms with Crippen molar-refractivity contribution in [1.29, 1.82) is 0 Å². The molecule has 0 spiro atoms. The summed E-state index contributed by atoms with van der Waals surface area (Å²) in [4.78, 5) is 11.4. The average molecular weight is 257 g/mol. The van der Waals surface area contributed by atoms with Gasteiger partial charge >= 0.3 is 5.97 Å². The molecule has 0 fully saturated rings. The Labute approximate surface area is 92.4 Å². The van der Waals surface area contributed by atoms with Gasteiger partial charge in [-0.25, -0.2) is 4.79 Å². The number of carbonyl (C=O) groups excluding carboxylic acids is 1. The van der Waals surface area contributed by atoms with E-state index in [9.17, 15) is 4.79 Å². The molecule has 0 radical (unpaired) electrons. The summed E-state index contributed by atoms with van der Waals surface area (Å²) in [5.74, 6) is -0.243. The van der Waals surface area contributed by atoms with Crippen molar-refractivity contribution in [3.8, 4) is 0 Å². The molecule has 14 heavy (non-hydrogen) atoms. The van der Waals surface area contributed by atoms with Crippen LogP contribution < -0.4 is 0 Å². The number of ether oxygens (including phenoxy) is 1. The third kappa shape index (κ3) is 3.14. The molecular formula is C11H13BrO2. The maximum absolute atomic E-state index is 11.4. The molecule has 2 nitrogen and oxygen atoms in total. The summed E-state index contributed by atoms with van der Waals surface area (Å²) >= 11 is 3.34. The topological polar surface area (TPSA) is 26.3 Å². The van der Waals surface area contributed by atoms with E-state index in [0.717, 1.165) is 17.3 Å². The van der Waals surface area contributed by atoms with Crippen molar-refractivity contribution in [3.05, 3.63) is 35.4 Å². The van der Waals surface area contributed by atoms with Crippen LogP contribution in [0.3, 0.4) is 0 Å². The molecule has 76 valence electrons. The molecule has 0 aliphatic rings. The molecule has 0 amide bonds. The van der Waals surface area contributed by atoms with Crippen molar-refractivity contribution in [2.75, 3.05) is 6.61 Å². The van der Waals surface area contributed by atoms with Gasteiger partial charge in [-0.05, 0) is 24.1 Å². The van der Waals surface area contributed by atoms with Crippen molar-refractivity contribution in [2.45, 2.75) is 18.7 Å². The molecule has 0 unspecified atom stereocenters. The lowest BCUT2D eigenvalue weighted by Crippen LogP contribution is -2.05. The third-order valence-corrected chi connectivity index (χ3v) is 2.43. The minimum absolute atomic E-state index is 0.243. The molecule has 0 saturated heterocycles. The van der Waals surface area contributed by atoms with Crippen LogP contribution >= 0.6 is 15.9 Å². The van der Waals surface area contributed by atoms with Gasteiger partial charge in [0.25, 0.3) is 0 Å². The fourth-order valence-electron chi connectivity index (χ4n) is 1.01. The molecule has 3 heteroatoms. The average Bonchev–Trinajstić information content (AvgIpc) is 2.26. The minimum Gasteiger partial charge on any atom is -0.462 e. The van der Waals surface area contributed by atoms with Crippen LogP contribution in [0.5, 0.6) is 0 Å². The van der Waals surface area contributed by atoms with Crippen LogP contribution in [0.2, 0.25) is 0 Å². The minimum atomic E-state index is -0.243. The van der Waals surface area contributed by atoms with Crippen molar-refractivity contribution in [2.24, 2.45) is 0 Å². The number of esters is 1. The fraction of sp³-hybridized carbons (Fsp3) is 0.364. The Hall–Kier alpha value is -0.830. The summed E-state index contributed by atoms with van der Waals surface area (Å²) in [5, 5.41) is 0.803. The van der Waals surface area contributed by atoms with E-state index in [1.54, 1.807) is 12.1 Å². The highest BCUT2D eigenvalue weighted by molar-refractivity contribution is 9.08. The molecule has 0 atom stereocenters. The molecule has 1 rings (SSSR count). The van der Waals surface area contributed by atoms with E-state index < -0.39 is 0 Å². The zero-order valence-corrected chi connectivity index (χ0v) is 9.71. The van der Waals surface area contributed by atoms with Crippen molar-refractivity contribution in [3.63, 3.8) is 0 Å².